The van der Waals surface area contributed by atoms with Crippen LogP contribution in [-0.2, 0) is 11.2 Å². The van der Waals surface area contributed by atoms with E-state index in [0.717, 1.165) is 20.9 Å². The van der Waals surface area contributed by atoms with E-state index in [0.29, 0.717) is 6.42 Å². The molecule has 14 heavy (non-hydrogen) atoms. The van der Waals surface area contributed by atoms with E-state index in [1.807, 2.05) is 24.4 Å². The van der Waals surface area contributed by atoms with Gasteiger partial charge in [-0.3, -0.25) is 4.79 Å². The van der Waals surface area contributed by atoms with Crippen LogP contribution in [0.3, 0.4) is 0 Å². The molecule has 2 nitrogen and oxygen atoms in total. The average Bonchev–Trinajstić information content (AvgIpc) is 2.50. The summed E-state index contributed by atoms with van der Waals surface area (Å²) in [5, 5.41) is 1.13. The maximum absolute atomic E-state index is 11.0. The first kappa shape index (κ1) is 9.46. The zero-order valence-electron chi connectivity index (χ0n) is 7.80. The first-order valence-electron chi connectivity index (χ1n) is 4.42. The molecule has 0 saturated heterocycles. The Kier molecular flexibility index (Phi) is 2.42. The second kappa shape index (κ2) is 3.58. The van der Waals surface area contributed by atoms with Gasteiger partial charge in [0.1, 0.15) is 5.78 Å². The van der Waals surface area contributed by atoms with Gasteiger partial charge in [-0.1, -0.05) is 0 Å². The molecule has 1 heterocycles. The fraction of sp³-hybridized carbons (Fsp3) is 0.182. The molecule has 0 amide bonds. The normalized spacial score (nSPS) is 10.7. The van der Waals surface area contributed by atoms with Crippen molar-refractivity contribution in [3.8, 4) is 0 Å². The number of aromatic nitrogens is 1. The van der Waals surface area contributed by atoms with Crippen molar-refractivity contribution in [2.75, 3.05) is 0 Å². The fourth-order valence-electron chi connectivity index (χ4n) is 1.57. The average molecular weight is 252 g/mol. The summed E-state index contributed by atoms with van der Waals surface area (Å²) in [5.41, 5.74) is 2.13. The Hall–Kier alpha value is -1.09. The molecule has 1 aromatic heterocycles. The summed E-state index contributed by atoms with van der Waals surface area (Å²) >= 11 is 3.47. The monoisotopic (exact) mass is 251 g/mol. The summed E-state index contributed by atoms with van der Waals surface area (Å²) < 4.78 is 1.01. The van der Waals surface area contributed by atoms with E-state index in [1.54, 1.807) is 6.92 Å². The highest BCUT2D eigenvalue weighted by Gasteiger charge is 2.04. The molecule has 1 aromatic carbocycles. The Morgan fingerprint density at radius 3 is 3.00 bits per heavy atom. The summed E-state index contributed by atoms with van der Waals surface area (Å²) in [6.45, 7) is 1.61. The third-order valence-corrected chi connectivity index (χ3v) is 2.75. The number of carbonyl (C=O) groups excluding carboxylic acids is 1. The van der Waals surface area contributed by atoms with Crippen LogP contribution in [0.2, 0.25) is 0 Å². The summed E-state index contributed by atoms with van der Waals surface area (Å²) in [7, 11) is 0. The van der Waals surface area contributed by atoms with E-state index in [-0.39, 0.29) is 5.78 Å². The van der Waals surface area contributed by atoms with Crippen molar-refractivity contribution in [2.45, 2.75) is 13.3 Å². The summed E-state index contributed by atoms with van der Waals surface area (Å²) in [4.78, 5) is 14.1. The van der Waals surface area contributed by atoms with Gasteiger partial charge in [0.15, 0.2) is 0 Å². The summed E-state index contributed by atoms with van der Waals surface area (Å²) in [5.74, 6) is 0.187. The number of ketones is 1. The van der Waals surface area contributed by atoms with Crippen LogP contribution < -0.4 is 0 Å². The number of benzene rings is 1. The first-order chi connectivity index (χ1) is 6.66. The fourth-order valence-corrected chi connectivity index (χ4v) is 2.21. The molecular weight excluding hydrogens is 242 g/mol. The third kappa shape index (κ3) is 1.73. The lowest BCUT2D eigenvalue weighted by Gasteiger charge is -2.00. The van der Waals surface area contributed by atoms with Crippen LogP contribution in [0.15, 0.2) is 28.9 Å². The number of aromatic amines is 1. The molecule has 1 N–H and O–H groups in total. The molecule has 0 unspecified atom stereocenters. The van der Waals surface area contributed by atoms with E-state index in [1.165, 1.54) is 0 Å². The second-order valence-corrected chi connectivity index (χ2v) is 4.25. The van der Waals surface area contributed by atoms with Crippen LogP contribution >= 0.6 is 15.9 Å². The van der Waals surface area contributed by atoms with Gasteiger partial charge in [0.25, 0.3) is 0 Å². The molecule has 0 aliphatic carbocycles. The second-order valence-electron chi connectivity index (χ2n) is 3.40. The van der Waals surface area contributed by atoms with Gasteiger partial charge in [-0.25, -0.2) is 0 Å². The van der Waals surface area contributed by atoms with Crippen molar-refractivity contribution in [1.82, 2.24) is 4.98 Å². The largest absolute Gasteiger partial charge is 0.360 e. The third-order valence-electron chi connectivity index (χ3n) is 2.12. The topological polar surface area (TPSA) is 32.9 Å². The summed E-state index contributed by atoms with van der Waals surface area (Å²) in [6.07, 6.45) is 2.40. The molecule has 0 bridgehead atoms. The van der Waals surface area contributed by atoms with E-state index >= 15 is 0 Å². The number of Topliss-reactive ketones (excluding diaryl/α,β-unsaturated/α-hetero) is 1. The minimum Gasteiger partial charge on any atom is -0.360 e. The van der Waals surface area contributed by atoms with Gasteiger partial charge < -0.3 is 4.98 Å². The number of halogens is 1. The highest BCUT2D eigenvalue weighted by Crippen LogP contribution is 2.24. The van der Waals surface area contributed by atoms with Crippen LogP contribution in [0.1, 0.15) is 12.5 Å². The number of fused-ring (bicyclic) bond motifs is 1. The first-order valence-corrected chi connectivity index (χ1v) is 5.21. The molecular formula is C11H10BrNO. The van der Waals surface area contributed by atoms with Crippen LogP contribution in [0, 0.1) is 0 Å². The molecule has 72 valence electrons. The SMILES string of the molecule is CC(=O)Cc1cc(Br)c2[nH]ccc2c1. The van der Waals surface area contributed by atoms with E-state index in [9.17, 15) is 4.79 Å². The highest BCUT2D eigenvalue weighted by molar-refractivity contribution is 9.10. The Bertz CT molecular complexity index is 487. The van der Waals surface area contributed by atoms with Gasteiger partial charge in [0.05, 0.1) is 5.52 Å². The van der Waals surface area contributed by atoms with Crippen molar-refractivity contribution in [1.29, 1.82) is 0 Å². The van der Waals surface area contributed by atoms with Crippen LogP contribution in [0.5, 0.6) is 0 Å². The molecule has 2 rings (SSSR count). The molecule has 3 heteroatoms. The van der Waals surface area contributed by atoms with E-state index in [4.69, 9.17) is 0 Å². The Labute approximate surface area is 90.4 Å². The van der Waals surface area contributed by atoms with Crippen molar-refractivity contribution >= 4 is 32.6 Å². The maximum atomic E-state index is 11.0. The van der Waals surface area contributed by atoms with Crippen LogP contribution in [0.4, 0.5) is 0 Å². The molecule has 0 aliphatic heterocycles. The van der Waals surface area contributed by atoms with Gasteiger partial charge in [0.2, 0.25) is 0 Å². The number of hydrogen-bond acceptors (Lipinski definition) is 1. The number of H-pyrrole nitrogens is 1. The molecule has 0 atom stereocenters. The number of carbonyl (C=O) groups is 1. The standard InChI is InChI=1S/C11H10BrNO/c1-7(14)4-8-5-9-2-3-13-11(9)10(12)6-8/h2-3,5-6,13H,4H2,1H3. The molecule has 2 aromatic rings. The Balaban J connectivity index is 2.53. The van der Waals surface area contributed by atoms with Crippen molar-refractivity contribution in [3.63, 3.8) is 0 Å². The molecule has 0 radical (unpaired) electrons. The smallest absolute Gasteiger partial charge is 0.134 e. The number of hydrogen-bond donors (Lipinski definition) is 1. The van der Waals surface area contributed by atoms with Crippen molar-refractivity contribution in [3.05, 3.63) is 34.4 Å². The minimum absolute atomic E-state index is 0.187. The molecule has 0 spiro atoms. The lowest BCUT2D eigenvalue weighted by atomic mass is 10.1. The predicted octanol–water partition coefficient (Wildman–Crippen LogP) is 3.06. The van der Waals surface area contributed by atoms with Crippen molar-refractivity contribution in [2.24, 2.45) is 0 Å². The van der Waals surface area contributed by atoms with Gasteiger partial charge in [0, 0.05) is 22.5 Å². The zero-order valence-corrected chi connectivity index (χ0v) is 9.39. The number of rotatable bonds is 2. The van der Waals surface area contributed by atoms with Crippen molar-refractivity contribution < 1.29 is 4.79 Å². The highest BCUT2D eigenvalue weighted by atomic mass is 79.9. The predicted molar refractivity (Wildman–Crippen MR) is 60.4 cm³/mol. The lowest BCUT2D eigenvalue weighted by molar-refractivity contribution is -0.116. The van der Waals surface area contributed by atoms with Gasteiger partial charge >= 0.3 is 0 Å². The van der Waals surface area contributed by atoms with E-state index < -0.39 is 0 Å². The molecule has 0 saturated carbocycles. The Morgan fingerprint density at radius 1 is 1.50 bits per heavy atom. The number of nitrogens with one attached hydrogen (secondary N) is 1. The molecule has 0 fully saturated rings. The van der Waals surface area contributed by atoms with Crippen LogP contribution in [-0.4, -0.2) is 10.8 Å². The van der Waals surface area contributed by atoms with Gasteiger partial charge in [-0.2, -0.15) is 0 Å². The quantitative estimate of drug-likeness (QED) is 0.875. The van der Waals surface area contributed by atoms with Gasteiger partial charge in [-0.05, 0) is 46.6 Å². The Morgan fingerprint density at radius 2 is 2.29 bits per heavy atom. The van der Waals surface area contributed by atoms with Crippen LogP contribution in [0.25, 0.3) is 10.9 Å². The zero-order chi connectivity index (χ0) is 10.1. The van der Waals surface area contributed by atoms with Gasteiger partial charge in [-0.15, -0.1) is 0 Å². The lowest BCUT2D eigenvalue weighted by Crippen LogP contribution is -1.95. The maximum Gasteiger partial charge on any atom is 0.134 e. The molecule has 0 aliphatic rings. The summed E-state index contributed by atoms with van der Waals surface area (Å²) in [6, 6.07) is 6.03. The van der Waals surface area contributed by atoms with E-state index in [2.05, 4.69) is 20.9 Å². The minimum atomic E-state index is 0.187.